The summed E-state index contributed by atoms with van der Waals surface area (Å²) in [6, 6.07) is 0. The minimum atomic E-state index is -6.03. The van der Waals surface area contributed by atoms with Crippen molar-refractivity contribution in [2.24, 2.45) is 0 Å². The van der Waals surface area contributed by atoms with Gasteiger partial charge in [0.1, 0.15) is 0 Å². The van der Waals surface area contributed by atoms with Crippen LogP contribution < -0.4 is 30.4 Å². The lowest BCUT2D eigenvalue weighted by atomic mass is 9.96. The van der Waals surface area contributed by atoms with Crippen LogP contribution >= 0.6 is 15.9 Å². The van der Waals surface area contributed by atoms with Crippen LogP contribution in [0, 0.1) is 0 Å². The number of halogens is 2. The van der Waals surface area contributed by atoms with Crippen LogP contribution in [0.4, 0.5) is 0 Å². The van der Waals surface area contributed by atoms with E-state index in [1.165, 1.54) is 12.4 Å². The minimum Gasteiger partial charge on any atom is -0.255 e. The third-order valence-corrected chi connectivity index (χ3v) is 6.35. The fourth-order valence-electron chi connectivity index (χ4n) is 1.93. The lowest BCUT2D eigenvalue weighted by Crippen LogP contribution is -4.24. The normalized spacial score (nSPS) is 21.6. The van der Waals surface area contributed by atoms with Crippen LogP contribution in [-0.4, -0.2) is 29.9 Å². The second kappa shape index (κ2) is 5.70. The topological polar surface area (TPSA) is 138 Å². The van der Waals surface area contributed by atoms with E-state index in [0.29, 0.717) is 4.47 Å². The SMILES string of the molecule is O=S1(=O)CCC(O[I+3]([O-])([O-])[O-])(c2ncc(Br)cn2)CC1. The summed E-state index contributed by atoms with van der Waals surface area (Å²) in [4.78, 5) is 7.88. The molecule has 0 spiro atoms. The molecule has 1 aromatic rings. The first-order valence-electron chi connectivity index (χ1n) is 5.42. The zero-order valence-corrected chi connectivity index (χ0v) is 14.6. The van der Waals surface area contributed by atoms with E-state index >= 15 is 0 Å². The summed E-state index contributed by atoms with van der Waals surface area (Å²) < 4.78 is 61.2. The number of rotatable bonds is 3. The maximum absolute atomic E-state index is 11.5. The maximum atomic E-state index is 11.5. The lowest BCUT2D eigenvalue weighted by Gasteiger charge is -2.29. The molecule has 112 valence electrons. The summed E-state index contributed by atoms with van der Waals surface area (Å²) in [6.45, 7) is 0. The average molecular weight is 481 g/mol. The van der Waals surface area contributed by atoms with Crippen molar-refractivity contribution in [1.29, 1.82) is 0 Å². The van der Waals surface area contributed by atoms with E-state index < -0.39 is 35.5 Å². The Kier molecular flexibility index (Phi) is 4.69. The highest BCUT2D eigenvalue weighted by Gasteiger charge is 2.54. The fourth-order valence-corrected chi connectivity index (χ4v) is 5.29. The third-order valence-electron chi connectivity index (χ3n) is 2.90. The van der Waals surface area contributed by atoms with Gasteiger partial charge in [0.25, 0.3) is 5.60 Å². The van der Waals surface area contributed by atoms with Crippen molar-refractivity contribution < 1.29 is 41.9 Å². The van der Waals surface area contributed by atoms with Gasteiger partial charge in [-0.3, -0.25) is 10.3 Å². The molecule has 20 heavy (non-hydrogen) atoms. The Labute approximate surface area is 130 Å². The fraction of sp³-hybridized carbons (Fsp3) is 0.556. The Morgan fingerprint density at radius 3 is 2.15 bits per heavy atom. The Balaban J connectivity index is 2.37. The van der Waals surface area contributed by atoms with E-state index in [1.807, 2.05) is 0 Å². The molecular weight excluding hydrogens is 471 g/mol. The van der Waals surface area contributed by atoms with Gasteiger partial charge in [0.2, 0.25) is 0 Å². The standard InChI is InChI=1S/C9H10BrIN2O6S/c10-7-5-12-8(13-6-7)9(19-11(14,15)16)1-3-20(17,18)4-2-9/h5-6H,1-4H2. The largest absolute Gasteiger partial charge is 0.374 e. The van der Waals surface area contributed by atoms with Crippen molar-refractivity contribution in [2.75, 3.05) is 11.5 Å². The van der Waals surface area contributed by atoms with Crippen molar-refractivity contribution in [3.8, 4) is 0 Å². The Morgan fingerprint density at radius 2 is 1.70 bits per heavy atom. The van der Waals surface area contributed by atoms with Crippen LogP contribution in [0.1, 0.15) is 18.7 Å². The van der Waals surface area contributed by atoms with E-state index in [4.69, 9.17) is 3.07 Å². The van der Waals surface area contributed by atoms with Gasteiger partial charge in [0.15, 0.2) is 15.7 Å². The molecule has 8 nitrogen and oxygen atoms in total. The van der Waals surface area contributed by atoms with Crippen molar-refractivity contribution in [1.82, 2.24) is 9.97 Å². The van der Waals surface area contributed by atoms with Crippen LogP contribution in [0.25, 0.3) is 0 Å². The van der Waals surface area contributed by atoms with Crippen LogP contribution in [0.5, 0.6) is 0 Å². The minimum absolute atomic E-state index is 0.00567. The Morgan fingerprint density at radius 1 is 1.20 bits per heavy atom. The Hall–Kier alpha value is 0.0800. The van der Waals surface area contributed by atoms with E-state index in [1.54, 1.807) is 0 Å². The zero-order valence-electron chi connectivity index (χ0n) is 9.99. The van der Waals surface area contributed by atoms with Gasteiger partial charge >= 0.3 is 20.1 Å². The van der Waals surface area contributed by atoms with Gasteiger partial charge in [-0.2, -0.15) is 0 Å². The highest BCUT2D eigenvalue weighted by Crippen LogP contribution is 2.33. The van der Waals surface area contributed by atoms with E-state index in [-0.39, 0.29) is 30.2 Å². The summed E-state index contributed by atoms with van der Waals surface area (Å²) in [5.41, 5.74) is -1.58. The molecule has 0 unspecified atom stereocenters. The number of hydrogen-bond donors (Lipinski definition) is 0. The molecule has 0 aromatic carbocycles. The molecule has 1 saturated heterocycles. The second-order valence-corrected chi connectivity index (χ2v) is 10.1. The zero-order chi connectivity index (χ0) is 15.0. The molecule has 1 fully saturated rings. The molecule has 0 bridgehead atoms. The second-order valence-electron chi connectivity index (χ2n) is 4.33. The quantitative estimate of drug-likeness (QED) is 0.390. The monoisotopic (exact) mass is 480 g/mol. The van der Waals surface area contributed by atoms with Crippen molar-refractivity contribution in [3.63, 3.8) is 0 Å². The summed E-state index contributed by atoms with van der Waals surface area (Å²) >= 11 is -2.90. The highest BCUT2D eigenvalue weighted by atomic mass is 127. The average Bonchev–Trinajstić information content (AvgIpc) is 2.32. The van der Waals surface area contributed by atoms with Gasteiger partial charge in [-0.15, -0.1) is 0 Å². The molecule has 0 N–H and O–H groups in total. The van der Waals surface area contributed by atoms with Crippen LogP contribution in [-0.2, 0) is 18.5 Å². The number of sulfone groups is 1. The Bertz CT molecular complexity index is 573. The number of aromatic nitrogens is 2. The first kappa shape index (κ1) is 16.5. The van der Waals surface area contributed by atoms with Crippen molar-refractivity contribution in [2.45, 2.75) is 18.4 Å². The third kappa shape index (κ3) is 4.05. The number of nitrogens with zero attached hydrogens (tertiary/aromatic N) is 2. The van der Waals surface area contributed by atoms with Gasteiger partial charge in [-0.1, -0.05) is 0 Å². The van der Waals surface area contributed by atoms with Gasteiger partial charge in [-0.05, 0) is 15.9 Å². The molecule has 0 atom stereocenters. The molecule has 1 aliphatic heterocycles. The maximum Gasteiger partial charge on any atom is 0.374 e. The van der Waals surface area contributed by atoms with E-state index in [9.17, 15) is 18.7 Å². The van der Waals surface area contributed by atoms with E-state index in [0.717, 1.165) is 0 Å². The van der Waals surface area contributed by atoms with Crippen molar-refractivity contribution >= 4 is 25.8 Å². The predicted octanol–water partition coefficient (Wildman–Crippen LogP) is -5.44. The molecule has 0 saturated carbocycles. The summed E-state index contributed by atoms with van der Waals surface area (Å²) in [7, 11) is -3.26. The molecule has 0 amide bonds. The molecule has 2 rings (SSSR count). The number of hydrogen-bond acceptors (Lipinski definition) is 8. The first-order valence-corrected chi connectivity index (χ1v) is 11.6. The molecule has 1 aliphatic rings. The predicted molar refractivity (Wildman–Crippen MR) is 60.4 cm³/mol. The van der Waals surface area contributed by atoms with Gasteiger partial charge < -0.3 is 0 Å². The van der Waals surface area contributed by atoms with E-state index in [2.05, 4.69) is 25.9 Å². The summed E-state index contributed by atoms with van der Waals surface area (Å²) in [6.07, 6.45) is 2.44. The first-order chi connectivity index (χ1) is 9.12. The molecule has 0 radical (unpaired) electrons. The van der Waals surface area contributed by atoms with Gasteiger partial charge in [0.05, 0.1) is 16.0 Å². The summed E-state index contributed by atoms with van der Waals surface area (Å²) in [5.74, 6) is -0.543. The van der Waals surface area contributed by atoms with Crippen molar-refractivity contribution in [3.05, 3.63) is 22.7 Å². The summed E-state index contributed by atoms with van der Waals surface area (Å²) in [5, 5.41) is 0. The molecule has 11 heteroatoms. The smallest absolute Gasteiger partial charge is 0.255 e. The van der Waals surface area contributed by atoms with Gasteiger partial charge in [0, 0.05) is 28.3 Å². The van der Waals surface area contributed by atoms with Gasteiger partial charge in [-0.25, -0.2) is 18.4 Å². The van der Waals surface area contributed by atoms with Crippen LogP contribution in [0.3, 0.4) is 0 Å². The van der Waals surface area contributed by atoms with Crippen LogP contribution in [0.2, 0.25) is 0 Å². The van der Waals surface area contributed by atoms with Crippen LogP contribution in [0.15, 0.2) is 16.9 Å². The highest BCUT2D eigenvalue weighted by molar-refractivity contribution is 9.10. The lowest BCUT2D eigenvalue weighted by molar-refractivity contribution is -1.92. The molecule has 0 aliphatic carbocycles. The molecule has 1 aromatic heterocycles. The molecular formula is C9H10BrIN2O6S. The molecule has 2 heterocycles.